The normalized spacial score (nSPS) is 16.5. The Hall–Kier alpha value is -0.920. The summed E-state index contributed by atoms with van der Waals surface area (Å²) >= 11 is 3.30. The molecule has 1 aromatic heterocycles. The number of halogens is 1. The molecule has 0 bridgehead atoms. The number of aliphatic hydroxyl groups is 1. The minimum atomic E-state index is -0.218. The van der Waals surface area contributed by atoms with Gasteiger partial charge in [0.15, 0.2) is 0 Å². The molecule has 2 rings (SSSR count). The fraction of sp³-hybridized carbons (Fsp3) is 0.667. The number of anilines is 1. The first-order chi connectivity index (χ1) is 9.22. The molecule has 7 heteroatoms. The molecule has 0 spiro atoms. The van der Waals surface area contributed by atoms with Crippen molar-refractivity contribution in [3.63, 3.8) is 0 Å². The zero-order chi connectivity index (χ0) is 13.7. The molecule has 0 aromatic carbocycles. The van der Waals surface area contributed by atoms with Crippen LogP contribution < -0.4 is 16.2 Å². The maximum Gasteiger partial charge on any atom is 0.283 e. The Kier molecular flexibility index (Phi) is 5.35. The van der Waals surface area contributed by atoms with Gasteiger partial charge in [0.25, 0.3) is 5.56 Å². The van der Waals surface area contributed by atoms with Gasteiger partial charge in [-0.25, -0.2) is 4.68 Å². The Morgan fingerprint density at radius 3 is 2.95 bits per heavy atom. The second kappa shape index (κ2) is 7.02. The number of nitrogens with one attached hydrogen (secondary N) is 2. The molecule has 0 atom stereocenters. The van der Waals surface area contributed by atoms with Crippen molar-refractivity contribution < 1.29 is 5.11 Å². The van der Waals surface area contributed by atoms with Crippen molar-refractivity contribution in [2.24, 2.45) is 5.92 Å². The number of nitrogens with zero attached hydrogens (tertiary/aromatic N) is 2. The highest BCUT2D eigenvalue weighted by molar-refractivity contribution is 9.10. The first-order valence-electron chi connectivity index (χ1n) is 6.53. The van der Waals surface area contributed by atoms with Crippen LogP contribution in [0.2, 0.25) is 0 Å². The smallest absolute Gasteiger partial charge is 0.283 e. The van der Waals surface area contributed by atoms with E-state index in [2.05, 4.69) is 31.7 Å². The van der Waals surface area contributed by atoms with Gasteiger partial charge in [-0.05, 0) is 47.8 Å². The summed E-state index contributed by atoms with van der Waals surface area (Å²) in [5.41, 5.74) is 0.502. The summed E-state index contributed by atoms with van der Waals surface area (Å²) < 4.78 is 1.73. The third-order valence-corrected chi connectivity index (χ3v) is 4.10. The molecule has 2 heterocycles. The van der Waals surface area contributed by atoms with Gasteiger partial charge >= 0.3 is 0 Å². The molecule has 3 N–H and O–H groups in total. The van der Waals surface area contributed by atoms with E-state index < -0.39 is 0 Å². The molecule has 1 fully saturated rings. The van der Waals surface area contributed by atoms with Crippen LogP contribution in [0, 0.1) is 5.92 Å². The van der Waals surface area contributed by atoms with Crippen LogP contribution in [0.5, 0.6) is 0 Å². The van der Waals surface area contributed by atoms with Crippen LogP contribution in [-0.4, -0.2) is 41.1 Å². The number of hydrogen-bond donors (Lipinski definition) is 3. The molecular formula is C12H19BrN4O2. The summed E-state index contributed by atoms with van der Waals surface area (Å²) in [4.78, 5) is 11.9. The molecule has 0 aliphatic carbocycles. The predicted octanol–water partition coefficient (Wildman–Crippen LogP) is 0.410. The standard InChI is InChI=1S/C12H19BrN4O2/c13-11-10(8-16-17(5-6-18)12(11)19)15-7-9-1-3-14-4-2-9/h8-9,14-15,18H,1-7H2. The highest BCUT2D eigenvalue weighted by atomic mass is 79.9. The van der Waals surface area contributed by atoms with Crippen molar-refractivity contribution in [1.29, 1.82) is 0 Å². The van der Waals surface area contributed by atoms with Crippen LogP contribution in [-0.2, 0) is 6.54 Å². The maximum absolute atomic E-state index is 11.9. The molecule has 0 saturated carbocycles. The van der Waals surface area contributed by atoms with Gasteiger partial charge in [-0.1, -0.05) is 0 Å². The van der Waals surface area contributed by atoms with Gasteiger partial charge < -0.3 is 15.7 Å². The van der Waals surface area contributed by atoms with Crippen LogP contribution in [0.15, 0.2) is 15.5 Å². The molecule has 106 valence electrons. The van der Waals surface area contributed by atoms with Gasteiger partial charge in [-0.15, -0.1) is 0 Å². The van der Waals surface area contributed by atoms with E-state index in [0.717, 1.165) is 38.2 Å². The summed E-state index contributed by atoms with van der Waals surface area (Å²) in [5, 5.41) is 19.5. The highest BCUT2D eigenvalue weighted by Crippen LogP contribution is 2.18. The molecule has 1 aliphatic rings. The fourth-order valence-electron chi connectivity index (χ4n) is 2.18. The van der Waals surface area contributed by atoms with E-state index in [1.807, 2.05) is 0 Å². The number of aromatic nitrogens is 2. The first kappa shape index (κ1) is 14.5. The summed E-state index contributed by atoms with van der Waals surface area (Å²) in [5.74, 6) is 0.632. The third kappa shape index (κ3) is 3.77. The molecule has 6 nitrogen and oxygen atoms in total. The van der Waals surface area contributed by atoms with Crippen LogP contribution >= 0.6 is 15.9 Å². The van der Waals surface area contributed by atoms with Gasteiger partial charge in [-0.2, -0.15) is 5.10 Å². The molecule has 0 amide bonds. The van der Waals surface area contributed by atoms with Crippen LogP contribution in [0.1, 0.15) is 12.8 Å². The predicted molar refractivity (Wildman–Crippen MR) is 77.4 cm³/mol. The van der Waals surface area contributed by atoms with E-state index in [9.17, 15) is 4.79 Å². The van der Waals surface area contributed by atoms with Gasteiger partial charge in [0, 0.05) is 6.54 Å². The summed E-state index contributed by atoms with van der Waals surface area (Å²) in [6.07, 6.45) is 3.93. The molecule has 0 radical (unpaired) electrons. The molecular weight excluding hydrogens is 312 g/mol. The SMILES string of the molecule is O=c1c(Br)c(NCC2CCNCC2)cnn1CCO. The topological polar surface area (TPSA) is 79.2 Å². The second-order valence-corrected chi connectivity index (χ2v) is 5.49. The number of hydrogen-bond acceptors (Lipinski definition) is 5. The lowest BCUT2D eigenvalue weighted by Crippen LogP contribution is -2.32. The van der Waals surface area contributed by atoms with Crippen molar-refractivity contribution in [3.05, 3.63) is 21.0 Å². The lowest BCUT2D eigenvalue weighted by molar-refractivity contribution is 0.266. The van der Waals surface area contributed by atoms with Crippen LogP contribution in [0.25, 0.3) is 0 Å². The lowest BCUT2D eigenvalue weighted by Gasteiger charge is -2.23. The quantitative estimate of drug-likeness (QED) is 0.728. The van der Waals surface area contributed by atoms with E-state index in [4.69, 9.17) is 5.11 Å². The van der Waals surface area contributed by atoms with E-state index in [0.29, 0.717) is 10.4 Å². The van der Waals surface area contributed by atoms with Crippen molar-refractivity contribution >= 4 is 21.6 Å². The fourth-order valence-corrected chi connectivity index (χ4v) is 2.63. The Morgan fingerprint density at radius 2 is 2.26 bits per heavy atom. The third-order valence-electron chi connectivity index (χ3n) is 3.34. The minimum absolute atomic E-state index is 0.0960. The Bertz CT molecular complexity index is 471. The van der Waals surface area contributed by atoms with E-state index in [1.54, 1.807) is 6.20 Å². The van der Waals surface area contributed by atoms with Crippen molar-refractivity contribution in [1.82, 2.24) is 15.1 Å². The molecule has 0 unspecified atom stereocenters. The van der Waals surface area contributed by atoms with Gasteiger partial charge in [0.2, 0.25) is 0 Å². The summed E-state index contributed by atoms with van der Waals surface area (Å²) in [7, 11) is 0. The van der Waals surface area contributed by atoms with Gasteiger partial charge in [0.1, 0.15) is 4.47 Å². The summed E-state index contributed by atoms with van der Waals surface area (Å²) in [6.45, 7) is 3.09. The Morgan fingerprint density at radius 1 is 1.53 bits per heavy atom. The van der Waals surface area contributed by atoms with Gasteiger partial charge in [-0.3, -0.25) is 4.79 Å². The largest absolute Gasteiger partial charge is 0.394 e. The highest BCUT2D eigenvalue weighted by Gasteiger charge is 2.14. The minimum Gasteiger partial charge on any atom is -0.394 e. The second-order valence-electron chi connectivity index (χ2n) is 4.70. The average Bonchev–Trinajstić information content (AvgIpc) is 2.44. The molecule has 1 saturated heterocycles. The number of rotatable bonds is 5. The monoisotopic (exact) mass is 330 g/mol. The molecule has 1 aromatic rings. The zero-order valence-corrected chi connectivity index (χ0v) is 12.3. The Balaban J connectivity index is 2.00. The first-order valence-corrected chi connectivity index (χ1v) is 7.32. The van der Waals surface area contributed by atoms with Gasteiger partial charge in [0.05, 0.1) is 25.0 Å². The molecule has 19 heavy (non-hydrogen) atoms. The van der Waals surface area contributed by atoms with E-state index >= 15 is 0 Å². The average molecular weight is 331 g/mol. The van der Waals surface area contributed by atoms with Crippen LogP contribution in [0.4, 0.5) is 5.69 Å². The van der Waals surface area contributed by atoms with Crippen molar-refractivity contribution in [3.8, 4) is 0 Å². The number of piperidine rings is 1. The van der Waals surface area contributed by atoms with Crippen molar-refractivity contribution in [2.75, 3.05) is 31.6 Å². The lowest BCUT2D eigenvalue weighted by atomic mass is 9.98. The number of aliphatic hydroxyl groups excluding tert-OH is 1. The van der Waals surface area contributed by atoms with E-state index in [-0.39, 0.29) is 18.7 Å². The Labute approximate surface area is 120 Å². The van der Waals surface area contributed by atoms with Crippen LogP contribution in [0.3, 0.4) is 0 Å². The summed E-state index contributed by atoms with van der Waals surface area (Å²) in [6, 6.07) is 0. The van der Waals surface area contributed by atoms with E-state index in [1.165, 1.54) is 4.68 Å². The maximum atomic E-state index is 11.9. The zero-order valence-electron chi connectivity index (χ0n) is 10.7. The van der Waals surface area contributed by atoms with Crippen molar-refractivity contribution in [2.45, 2.75) is 19.4 Å². The molecule has 1 aliphatic heterocycles.